The smallest absolute Gasteiger partial charge is 0.550 e. The first-order valence-electron chi connectivity index (χ1n) is 5.66. The number of hydrogen-bond donors (Lipinski definition) is 1. The summed E-state index contributed by atoms with van der Waals surface area (Å²) in [5.41, 5.74) is 4.56. The van der Waals surface area contributed by atoms with E-state index < -0.39 is 12.3 Å². The number of alkyl halides is 3. The second-order valence-electron chi connectivity index (χ2n) is 4.08. The highest BCUT2D eigenvalue weighted by Gasteiger charge is 2.31. The second kappa shape index (κ2) is 6.42. The second-order valence-corrected chi connectivity index (χ2v) is 4.08. The molecule has 0 saturated heterocycles. The van der Waals surface area contributed by atoms with E-state index in [0.717, 1.165) is 5.56 Å². The van der Waals surface area contributed by atoms with Crippen LogP contribution in [-0.2, 0) is 4.79 Å². The van der Waals surface area contributed by atoms with Crippen LogP contribution in [0.15, 0.2) is 24.3 Å². The standard InChI is InChI=1S/C12H14F3NO3/c13-12(14,15)19-9-6-4-8(5-7-9)10(16)2-1-3-11(17)18/h4-7,10H,1-3,16H2,(H,17,18)/t10-/m1/s1. The first-order valence-corrected chi connectivity index (χ1v) is 5.66. The van der Waals surface area contributed by atoms with Crippen LogP contribution in [0.4, 0.5) is 13.2 Å². The quantitative estimate of drug-likeness (QED) is 0.835. The van der Waals surface area contributed by atoms with Crippen molar-refractivity contribution in [2.45, 2.75) is 31.7 Å². The van der Waals surface area contributed by atoms with Gasteiger partial charge >= 0.3 is 6.36 Å². The molecule has 1 aromatic rings. The first kappa shape index (κ1) is 15.3. The molecule has 3 N–H and O–H groups in total. The average Bonchev–Trinajstić information content (AvgIpc) is 2.27. The van der Waals surface area contributed by atoms with Crippen LogP contribution in [0.25, 0.3) is 0 Å². The summed E-state index contributed by atoms with van der Waals surface area (Å²) in [6, 6.07) is 5.20. The minimum absolute atomic E-state index is 0.0543. The molecular weight excluding hydrogens is 263 g/mol. The van der Waals surface area contributed by atoms with Crippen molar-refractivity contribution in [2.75, 3.05) is 0 Å². The van der Waals surface area contributed by atoms with E-state index in [1.165, 1.54) is 24.3 Å². The Morgan fingerprint density at radius 1 is 1.32 bits per heavy atom. The Bertz CT molecular complexity index is 417. The molecule has 0 bridgehead atoms. The lowest BCUT2D eigenvalue weighted by molar-refractivity contribution is -0.428. The van der Waals surface area contributed by atoms with Crippen LogP contribution in [-0.4, -0.2) is 12.3 Å². The van der Waals surface area contributed by atoms with Crippen molar-refractivity contribution in [1.29, 1.82) is 0 Å². The van der Waals surface area contributed by atoms with Gasteiger partial charge in [0.25, 0.3) is 0 Å². The van der Waals surface area contributed by atoms with Gasteiger partial charge in [-0.05, 0) is 37.1 Å². The van der Waals surface area contributed by atoms with Gasteiger partial charge in [-0.25, -0.2) is 0 Å². The molecule has 0 unspecified atom stereocenters. The van der Waals surface area contributed by atoms with Crippen LogP contribution in [0, 0.1) is 0 Å². The maximum atomic E-state index is 11.9. The summed E-state index contributed by atoms with van der Waals surface area (Å²) < 4.78 is 39.6. The van der Waals surface area contributed by atoms with Crippen molar-refractivity contribution in [3.63, 3.8) is 0 Å². The summed E-state index contributed by atoms with van der Waals surface area (Å²) in [4.78, 5) is 10.2. The lowest BCUT2D eigenvalue weighted by Crippen LogP contribution is -2.53. The largest absolute Gasteiger partial charge is 0.573 e. The van der Waals surface area contributed by atoms with Crippen molar-refractivity contribution in [3.8, 4) is 5.75 Å². The molecule has 1 aromatic carbocycles. The number of carbonyl (C=O) groups is 1. The van der Waals surface area contributed by atoms with Crippen LogP contribution >= 0.6 is 0 Å². The number of quaternary nitrogens is 1. The van der Waals surface area contributed by atoms with Crippen LogP contribution in [0.3, 0.4) is 0 Å². The molecule has 0 aromatic heterocycles. The summed E-state index contributed by atoms with van der Waals surface area (Å²) in [6.07, 6.45) is -3.83. The van der Waals surface area contributed by atoms with Gasteiger partial charge in [0.1, 0.15) is 11.8 Å². The summed E-state index contributed by atoms with van der Waals surface area (Å²) in [5, 5.41) is 10.2. The summed E-state index contributed by atoms with van der Waals surface area (Å²) in [6.45, 7) is 0. The zero-order chi connectivity index (χ0) is 14.5. The Labute approximate surface area is 108 Å². The highest BCUT2D eigenvalue weighted by atomic mass is 19.4. The molecule has 0 radical (unpaired) electrons. The number of carbonyl (C=O) groups excluding carboxylic acids is 1. The van der Waals surface area contributed by atoms with E-state index in [4.69, 9.17) is 0 Å². The molecule has 0 aliphatic heterocycles. The number of hydrogen-bond acceptors (Lipinski definition) is 3. The van der Waals surface area contributed by atoms with Gasteiger partial charge in [-0.1, -0.05) is 0 Å². The summed E-state index contributed by atoms with van der Waals surface area (Å²) in [5.74, 6) is -1.42. The zero-order valence-corrected chi connectivity index (χ0v) is 10.1. The minimum Gasteiger partial charge on any atom is -0.550 e. The van der Waals surface area contributed by atoms with E-state index in [1.807, 2.05) is 0 Å². The predicted octanol–water partition coefficient (Wildman–Crippen LogP) is 0.788. The maximum absolute atomic E-state index is 11.9. The molecule has 0 fully saturated rings. The normalized spacial score (nSPS) is 13.1. The highest BCUT2D eigenvalue weighted by molar-refractivity contribution is 5.64. The number of rotatable bonds is 6. The average molecular weight is 277 g/mol. The zero-order valence-electron chi connectivity index (χ0n) is 10.1. The molecule has 0 aliphatic carbocycles. The van der Waals surface area contributed by atoms with E-state index in [0.29, 0.717) is 12.8 Å². The van der Waals surface area contributed by atoms with Gasteiger partial charge in [0.2, 0.25) is 0 Å². The van der Waals surface area contributed by atoms with Crippen LogP contribution in [0.5, 0.6) is 5.75 Å². The van der Waals surface area contributed by atoms with Gasteiger partial charge in [0, 0.05) is 18.0 Å². The topological polar surface area (TPSA) is 77.0 Å². The lowest BCUT2D eigenvalue weighted by Gasteiger charge is -2.11. The molecule has 1 rings (SSSR count). The lowest BCUT2D eigenvalue weighted by atomic mass is 10.0. The Hall–Kier alpha value is -1.76. The fraction of sp³-hybridized carbons (Fsp3) is 0.417. The van der Waals surface area contributed by atoms with Gasteiger partial charge in [0.15, 0.2) is 0 Å². The molecule has 106 valence electrons. The Balaban J connectivity index is 2.53. The van der Waals surface area contributed by atoms with Gasteiger partial charge in [-0.3, -0.25) is 0 Å². The molecule has 0 heterocycles. The van der Waals surface area contributed by atoms with Gasteiger partial charge in [-0.2, -0.15) is 0 Å². The third kappa shape index (κ3) is 6.10. The van der Waals surface area contributed by atoms with Crippen molar-refractivity contribution in [3.05, 3.63) is 29.8 Å². The third-order valence-corrected chi connectivity index (χ3v) is 2.52. The van der Waals surface area contributed by atoms with Crippen molar-refractivity contribution >= 4 is 5.97 Å². The monoisotopic (exact) mass is 277 g/mol. The Morgan fingerprint density at radius 3 is 2.37 bits per heavy atom. The number of ether oxygens (including phenoxy) is 1. The van der Waals surface area contributed by atoms with Gasteiger partial charge in [-0.15, -0.1) is 13.2 Å². The number of benzene rings is 1. The summed E-state index contributed by atoms with van der Waals surface area (Å²) in [7, 11) is 0. The van der Waals surface area contributed by atoms with E-state index in [1.54, 1.807) is 0 Å². The Morgan fingerprint density at radius 2 is 1.89 bits per heavy atom. The number of carboxylic acids is 1. The van der Waals surface area contributed by atoms with Gasteiger partial charge < -0.3 is 20.4 Å². The SMILES string of the molecule is [NH3+][C@H](CCCC(=O)[O-])c1ccc(OC(F)(F)F)cc1. The molecule has 0 aliphatic rings. The molecule has 0 saturated carbocycles. The van der Waals surface area contributed by atoms with Gasteiger partial charge in [0.05, 0.1) is 0 Å². The van der Waals surface area contributed by atoms with Crippen LogP contribution in [0.1, 0.15) is 30.9 Å². The maximum Gasteiger partial charge on any atom is 0.573 e. The summed E-state index contributed by atoms with van der Waals surface area (Å²) >= 11 is 0. The highest BCUT2D eigenvalue weighted by Crippen LogP contribution is 2.24. The van der Waals surface area contributed by atoms with E-state index in [2.05, 4.69) is 10.5 Å². The Kier molecular flexibility index (Phi) is 5.17. The van der Waals surface area contributed by atoms with Crippen LogP contribution < -0.4 is 15.6 Å². The van der Waals surface area contributed by atoms with E-state index in [9.17, 15) is 23.1 Å². The molecule has 7 heteroatoms. The molecule has 1 atom stereocenters. The fourth-order valence-electron chi connectivity index (χ4n) is 1.60. The fourth-order valence-corrected chi connectivity index (χ4v) is 1.60. The molecule has 19 heavy (non-hydrogen) atoms. The molecular formula is C12H14F3NO3. The van der Waals surface area contributed by atoms with Crippen molar-refractivity contribution < 1.29 is 33.5 Å². The number of aliphatic carboxylic acids is 1. The molecule has 0 spiro atoms. The number of carboxylic acid groups (broad SMARTS) is 1. The predicted molar refractivity (Wildman–Crippen MR) is 57.6 cm³/mol. The van der Waals surface area contributed by atoms with E-state index >= 15 is 0 Å². The minimum atomic E-state index is -4.71. The number of halogens is 3. The third-order valence-electron chi connectivity index (χ3n) is 2.52. The van der Waals surface area contributed by atoms with Crippen molar-refractivity contribution in [2.24, 2.45) is 0 Å². The first-order chi connectivity index (χ1) is 8.78. The van der Waals surface area contributed by atoms with Crippen LogP contribution in [0.2, 0.25) is 0 Å². The molecule has 0 amide bonds. The molecule has 4 nitrogen and oxygen atoms in total. The van der Waals surface area contributed by atoms with E-state index in [-0.39, 0.29) is 18.2 Å². The van der Waals surface area contributed by atoms with Crippen molar-refractivity contribution in [1.82, 2.24) is 0 Å².